The smallest absolute Gasteiger partial charge is 0.411 e. The molecule has 0 aliphatic rings. The van der Waals surface area contributed by atoms with E-state index < -0.39 is 16.2 Å². The Morgan fingerprint density at radius 2 is 1.85 bits per heavy atom. The highest BCUT2D eigenvalue weighted by Gasteiger charge is 2.10. The van der Waals surface area contributed by atoms with Crippen LogP contribution in [-0.2, 0) is 21.4 Å². The van der Waals surface area contributed by atoms with Crippen molar-refractivity contribution in [2.24, 2.45) is 0 Å². The van der Waals surface area contributed by atoms with Crippen molar-refractivity contribution < 1.29 is 37.9 Å². The number of hydrogen-bond donors (Lipinski definition) is 3. The van der Waals surface area contributed by atoms with E-state index in [4.69, 9.17) is 17.7 Å². The van der Waals surface area contributed by atoms with Crippen molar-refractivity contribution in [3.05, 3.63) is 53.8 Å². The Hall–Kier alpha value is -2.53. The van der Waals surface area contributed by atoms with E-state index in [1.165, 1.54) is 12.1 Å². The first-order valence-electron chi connectivity index (χ1n) is 7.96. The molecule has 6 N–H and O–H groups in total. The van der Waals surface area contributed by atoms with Crippen LogP contribution in [0.15, 0.2) is 42.5 Å². The van der Waals surface area contributed by atoms with E-state index >= 15 is 0 Å². The number of ether oxygens (including phenoxy) is 1. The second-order valence-corrected chi connectivity index (χ2v) is 6.91. The minimum Gasteiger partial charge on any atom is -0.748 e. The molecule has 10 heteroatoms. The fourth-order valence-corrected chi connectivity index (χ4v) is 2.00. The van der Waals surface area contributed by atoms with E-state index in [1.54, 1.807) is 25.1 Å². The Balaban J connectivity index is 0.000000646. The molecule has 0 fully saturated rings. The van der Waals surface area contributed by atoms with Crippen LogP contribution in [0.1, 0.15) is 12.5 Å². The maximum absolute atomic E-state index is 12.8. The van der Waals surface area contributed by atoms with Gasteiger partial charge in [0.15, 0.2) is 5.69 Å². The van der Waals surface area contributed by atoms with Gasteiger partial charge in [0.05, 0.1) is 22.8 Å². The SMILES string of the molecule is CCOC(=O)Nc1ccc([NH2+]Cc2ccc(F)cc2)cc1[NH3+].CS(=O)(=O)[O-]. The third-order valence-electron chi connectivity index (χ3n) is 3.13. The van der Waals surface area contributed by atoms with Crippen LogP contribution in [0.4, 0.5) is 26.2 Å². The molecule has 0 aromatic heterocycles. The number of hydrogen-bond acceptors (Lipinski definition) is 5. The van der Waals surface area contributed by atoms with Crippen LogP contribution in [0.2, 0.25) is 0 Å². The summed E-state index contributed by atoms with van der Waals surface area (Å²) < 4.78 is 44.9. The Kier molecular flexibility index (Phi) is 8.82. The molecule has 0 unspecified atom stereocenters. The lowest BCUT2D eigenvalue weighted by Crippen LogP contribution is -2.76. The molecule has 148 valence electrons. The summed E-state index contributed by atoms with van der Waals surface area (Å²) in [6.45, 7) is 2.77. The average molecular weight is 400 g/mol. The van der Waals surface area contributed by atoms with E-state index in [0.29, 0.717) is 30.8 Å². The van der Waals surface area contributed by atoms with E-state index in [-0.39, 0.29) is 5.82 Å². The topological polar surface area (TPSA) is 140 Å². The van der Waals surface area contributed by atoms with Crippen molar-refractivity contribution in [1.82, 2.24) is 0 Å². The lowest BCUT2D eigenvalue weighted by Gasteiger charge is -2.07. The highest BCUT2D eigenvalue weighted by atomic mass is 32.2. The van der Waals surface area contributed by atoms with E-state index in [1.807, 2.05) is 17.4 Å². The van der Waals surface area contributed by atoms with Gasteiger partial charge in [-0.1, -0.05) is 12.1 Å². The number of halogens is 1. The number of carbonyl (C=O) groups excluding carboxylic acids is 1. The lowest BCUT2D eigenvalue weighted by molar-refractivity contribution is -0.588. The molecular weight excluding hydrogens is 377 g/mol. The van der Waals surface area contributed by atoms with Crippen molar-refractivity contribution in [2.75, 3.05) is 18.2 Å². The Bertz CT molecular complexity index is 849. The molecule has 2 rings (SSSR count). The number of nitrogens with one attached hydrogen (secondary N) is 1. The molecule has 0 aliphatic heterocycles. The van der Waals surface area contributed by atoms with Gasteiger partial charge in [-0.15, -0.1) is 0 Å². The fraction of sp³-hybridized carbons (Fsp3) is 0.235. The van der Waals surface area contributed by atoms with Gasteiger partial charge in [-0.3, -0.25) is 5.32 Å². The largest absolute Gasteiger partial charge is 0.748 e. The first-order valence-corrected chi connectivity index (χ1v) is 9.78. The summed E-state index contributed by atoms with van der Waals surface area (Å²) in [6, 6.07) is 12.0. The summed E-state index contributed by atoms with van der Waals surface area (Å²) in [5.41, 5.74) is 7.27. The van der Waals surface area contributed by atoms with Crippen LogP contribution in [0.3, 0.4) is 0 Å². The lowest BCUT2D eigenvalue weighted by atomic mass is 10.2. The molecular formula is C17H23FN3O5S+. The van der Waals surface area contributed by atoms with E-state index in [0.717, 1.165) is 11.3 Å². The Morgan fingerprint density at radius 1 is 1.26 bits per heavy atom. The van der Waals surface area contributed by atoms with Gasteiger partial charge in [-0.2, -0.15) is 0 Å². The first kappa shape index (κ1) is 22.5. The van der Waals surface area contributed by atoms with Crippen LogP contribution >= 0.6 is 0 Å². The highest BCUT2D eigenvalue weighted by molar-refractivity contribution is 7.84. The molecule has 0 heterocycles. The van der Waals surface area contributed by atoms with Gasteiger partial charge < -0.3 is 20.3 Å². The van der Waals surface area contributed by atoms with Gasteiger partial charge in [-0.25, -0.2) is 17.6 Å². The molecule has 0 radical (unpaired) electrons. The molecule has 0 spiro atoms. The number of quaternary nitrogens is 2. The molecule has 27 heavy (non-hydrogen) atoms. The van der Waals surface area contributed by atoms with Crippen molar-refractivity contribution in [2.45, 2.75) is 13.5 Å². The monoisotopic (exact) mass is 400 g/mol. The van der Waals surface area contributed by atoms with Gasteiger partial charge in [0.1, 0.15) is 23.7 Å². The van der Waals surface area contributed by atoms with Crippen molar-refractivity contribution in [3.8, 4) is 0 Å². The fourth-order valence-electron chi connectivity index (χ4n) is 2.00. The second kappa shape index (κ2) is 10.6. The van der Waals surface area contributed by atoms with Crippen LogP contribution in [0.5, 0.6) is 0 Å². The van der Waals surface area contributed by atoms with Crippen LogP contribution in [-0.4, -0.2) is 31.9 Å². The van der Waals surface area contributed by atoms with E-state index in [9.17, 15) is 9.18 Å². The molecule has 0 bridgehead atoms. The molecule has 0 atom stereocenters. The minimum atomic E-state index is -3.92. The number of nitrogens with two attached hydrogens (primary N) is 1. The van der Waals surface area contributed by atoms with Gasteiger partial charge >= 0.3 is 6.09 Å². The summed E-state index contributed by atoms with van der Waals surface area (Å²) >= 11 is 0. The van der Waals surface area contributed by atoms with Crippen LogP contribution in [0.25, 0.3) is 0 Å². The van der Waals surface area contributed by atoms with Crippen molar-refractivity contribution in [1.29, 1.82) is 0 Å². The Labute approximate surface area is 157 Å². The summed E-state index contributed by atoms with van der Waals surface area (Å²) in [7, 11) is -3.92. The van der Waals surface area contributed by atoms with Crippen LogP contribution in [0, 0.1) is 5.82 Å². The predicted molar refractivity (Wildman–Crippen MR) is 96.9 cm³/mol. The number of carbonyl (C=O) groups is 1. The van der Waals surface area contributed by atoms with Crippen molar-refractivity contribution in [3.63, 3.8) is 0 Å². The summed E-state index contributed by atoms with van der Waals surface area (Å²) in [5, 5.41) is 4.66. The highest BCUT2D eigenvalue weighted by Crippen LogP contribution is 2.19. The molecule has 1 amide bonds. The third-order valence-corrected chi connectivity index (χ3v) is 3.13. The molecule has 0 aliphatic carbocycles. The maximum atomic E-state index is 12.8. The average Bonchev–Trinajstić information content (AvgIpc) is 2.55. The quantitative estimate of drug-likeness (QED) is 0.504. The molecule has 0 saturated carbocycles. The summed E-state index contributed by atoms with van der Waals surface area (Å²) in [5.74, 6) is -0.238. The zero-order chi connectivity index (χ0) is 20.4. The maximum Gasteiger partial charge on any atom is 0.411 e. The zero-order valence-electron chi connectivity index (χ0n) is 15.1. The zero-order valence-corrected chi connectivity index (χ0v) is 15.9. The van der Waals surface area contributed by atoms with Crippen LogP contribution < -0.4 is 16.4 Å². The molecule has 2 aromatic rings. The summed E-state index contributed by atoms with van der Waals surface area (Å²) in [6.07, 6.45) is 0.114. The van der Waals surface area contributed by atoms with E-state index in [2.05, 4.69) is 11.1 Å². The minimum absolute atomic E-state index is 0.238. The van der Waals surface area contributed by atoms with Gasteiger partial charge in [0.2, 0.25) is 0 Å². The number of amides is 1. The number of rotatable bonds is 5. The Morgan fingerprint density at radius 3 is 2.37 bits per heavy atom. The van der Waals surface area contributed by atoms with Gasteiger partial charge in [-0.05, 0) is 25.1 Å². The summed E-state index contributed by atoms with van der Waals surface area (Å²) in [4.78, 5) is 11.4. The first-order chi connectivity index (χ1) is 12.6. The molecule has 2 aromatic carbocycles. The second-order valence-electron chi connectivity index (χ2n) is 5.50. The third kappa shape index (κ3) is 10.3. The molecule has 8 nitrogen and oxygen atoms in total. The van der Waals surface area contributed by atoms with Gasteiger partial charge in [0, 0.05) is 17.9 Å². The molecule has 0 saturated heterocycles. The predicted octanol–water partition coefficient (Wildman–Crippen LogP) is 0.824. The van der Waals surface area contributed by atoms with Gasteiger partial charge in [0.25, 0.3) is 0 Å². The number of benzene rings is 2. The normalized spacial score (nSPS) is 10.6. The van der Waals surface area contributed by atoms with Crippen molar-refractivity contribution >= 4 is 33.3 Å². The number of anilines is 1. The standard InChI is InChI=1S/C16H18FN3O2.CH4O3S/c1-2-22-16(21)20-15-8-7-13(9-14(15)18)19-10-11-3-5-12(17)6-4-11;1-5(2,3)4/h3-9,19H,2,10,18H2,1H3,(H,20,21);1H3,(H,2,3,4)/p+1.